The molecule has 1 nitrogen and oxygen atoms in total. The van der Waals surface area contributed by atoms with Crippen LogP contribution < -0.4 is 5.32 Å². The molecular weight excluding hydrogens is 146 g/mol. The fraction of sp³-hybridized carbons (Fsp3) is 1.00. The van der Waals surface area contributed by atoms with E-state index in [4.69, 9.17) is 0 Å². The maximum Gasteiger partial charge on any atom is 0.00791 e. The van der Waals surface area contributed by atoms with Crippen LogP contribution in [0.5, 0.6) is 0 Å². The summed E-state index contributed by atoms with van der Waals surface area (Å²) in [5, 5.41) is 3.45. The predicted octanol–water partition coefficient (Wildman–Crippen LogP) is 3.10. The normalized spacial score (nSPS) is 22.2. The van der Waals surface area contributed by atoms with Gasteiger partial charge in [0.25, 0.3) is 0 Å². The van der Waals surface area contributed by atoms with E-state index in [1.54, 1.807) is 0 Å². The largest absolute Gasteiger partial charge is 0.314 e. The van der Waals surface area contributed by atoms with E-state index in [1.807, 2.05) is 0 Å². The lowest BCUT2D eigenvalue weighted by Gasteiger charge is -2.27. The average molecular weight is 169 g/mol. The minimum Gasteiger partial charge on any atom is -0.314 e. The van der Waals surface area contributed by atoms with Crippen molar-refractivity contribution in [2.24, 2.45) is 0 Å². The Morgan fingerprint density at radius 3 is 2.33 bits per heavy atom. The number of unbranched alkanes of at least 4 members (excludes halogenated alkanes) is 5. The first-order valence-corrected chi connectivity index (χ1v) is 5.67. The quantitative estimate of drug-likeness (QED) is 0.577. The van der Waals surface area contributed by atoms with Gasteiger partial charge in [0, 0.05) is 6.04 Å². The van der Waals surface area contributed by atoms with Crippen LogP contribution in [0.1, 0.15) is 58.3 Å². The molecule has 1 atom stereocenters. The topological polar surface area (TPSA) is 12.0 Å². The first kappa shape index (κ1) is 10.0. The molecule has 0 aromatic heterocycles. The summed E-state index contributed by atoms with van der Waals surface area (Å²) in [7, 11) is 0. The molecule has 0 aromatic rings. The van der Waals surface area contributed by atoms with Gasteiger partial charge in [0.05, 0.1) is 0 Å². The van der Waals surface area contributed by atoms with Crippen LogP contribution in [0.15, 0.2) is 0 Å². The van der Waals surface area contributed by atoms with Crippen LogP contribution in [0.4, 0.5) is 0 Å². The molecule has 0 bridgehead atoms. The zero-order valence-electron chi connectivity index (χ0n) is 8.44. The minimum absolute atomic E-state index is 0.885. The number of hydrogen-bond acceptors (Lipinski definition) is 1. The zero-order chi connectivity index (χ0) is 8.65. The van der Waals surface area contributed by atoms with E-state index < -0.39 is 0 Å². The maximum atomic E-state index is 3.45. The molecule has 0 radical (unpaired) electrons. The third kappa shape index (κ3) is 4.10. The van der Waals surface area contributed by atoms with Crippen LogP contribution in [0, 0.1) is 0 Å². The Balaban J connectivity index is 1.70. The number of nitrogens with one attached hydrogen (secondary N) is 1. The lowest BCUT2D eigenvalue weighted by Crippen LogP contribution is -2.42. The highest BCUT2D eigenvalue weighted by Crippen LogP contribution is 2.13. The number of hydrogen-bond donors (Lipinski definition) is 1. The van der Waals surface area contributed by atoms with Gasteiger partial charge in [-0.05, 0) is 19.4 Å². The van der Waals surface area contributed by atoms with Gasteiger partial charge in [0.1, 0.15) is 0 Å². The summed E-state index contributed by atoms with van der Waals surface area (Å²) >= 11 is 0. The summed E-state index contributed by atoms with van der Waals surface area (Å²) in [5.74, 6) is 0. The molecule has 0 aromatic carbocycles. The maximum absolute atomic E-state index is 3.45. The van der Waals surface area contributed by atoms with E-state index in [0.717, 1.165) is 6.04 Å². The van der Waals surface area contributed by atoms with Gasteiger partial charge in [-0.15, -0.1) is 0 Å². The highest BCUT2D eigenvalue weighted by atomic mass is 15.0. The zero-order valence-corrected chi connectivity index (χ0v) is 8.44. The smallest absolute Gasteiger partial charge is 0.00791 e. The summed E-state index contributed by atoms with van der Waals surface area (Å²) < 4.78 is 0. The first-order valence-electron chi connectivity index (χ1n) is 5.67. The second-order valence-electron chi connectivity index (χ2n) is 4.00. The molecule has 1 fully saturated rings. The second kappa shape index (κ2) is 6.47. The summed E-state index contributed by atoms with van der Waals surface area (Å²) in [6.45, 7) is 3.54. The molecular formula is C11H23N. The van der Waals surface area contributed by atoms with Crippen molar-refractivity contribution in [3.8, 4) is 0 Å². The van der Waals surface area contributed by atoms with E-state index in [9.17, 15) is 0 Å². The Bertz CT molecular complexity index is 97.2. The minimum atomic E-state index is 0.885. The van der Waals surface area contributed by atoms with Gasteiger partial charge < -0.3 is 5.32 Å². The average Bonchev–Trinajstić information content (AvgIpc) is 2.00. The van der Waals surface area contributed by atoms with E-state index in [1.165, 1.54) is 57.9 Å². The molecule has 0 saturated carbocycles. The van der Waals surface area contributed by atoms with Gasteiger partial charge in [0.15, 0.2) is 0 Å². The molecule has 1 aliphatic heterocycles. The Labute approximate surface area is 76.9 Å². The molecule has 12 heavy (non-hydrogen) atoms. The summed E-state index contributed by atoms with van der Waals surface area (Å²) in [4.78, 5) is 0. The molecule has 1 saturated heterocycles. The number of rotatable bonds is 7. The standard InChI is InChI=1S/C11H23N/c1-2-3-4-5-6-7-8-11-9-10-12-11/h11-12H,2-10H2,1H3. The molecule has 1 heteroatoms. The van der Waals surface area contributed by atoms with E-state index in [2.05, 4.69) is 12.2 Å². The van der Waals surface area contributed by atoms with Gasteiger partial charge in [0.2, 0.25) is 0 Å². The van der Waals surface area contributed by atoms with Crippen molar-refractivity contribution >= 4 is 0 Å². The van der Waals surface area contributed by atoms with Crippen LogP contribution >= 0.6 is 0 Å². The summed E-state index contributed by atoms with van der Waals surface area (Å²) in [6.07, 6.45) is 11.5. The van der Waals surface area contributed by atoms with Crippen LogP contribution in [-0.4, -0.2) is 12.6 Å². The highest BCUT2D eigenvalue weighted by Gasteiger charge is 2.14. The van der Waals surface area contributed by atoms with Crippen molar-refractivity contribution < 1.29 is 0 Å². The molecule has 72 valence electrons. The van der Waals surface area contributed by atoms with Crippen LogP contribution in [0.3, 0.4) is 0 Å². The van der Waals surface area contributed by atoms with Gasteiger partial charge >= 0.3 is 0 Å². The Kier molecular flexibility index (Phi) is 5.42. The molecule has 0 aliphatic carbocycles. The lowest BCUT2D eigenvalue weighted by atomic mass is 9.99. The Morgan fingerprint density at radius 1 is 1.08 bits per heavy atom. The summed E-state index contributed by atoms with van der Waals surface area (Å²) in [6, 6.07) is 0.885. The second-order valence-corrected chi connectivity index (χ2v) is 4.00. The van der Waals surface area contributed by atoms with E-state index >= 15 is 0 Å². The van der Waals surface area contributed by atoms with Crippen molar-refractivity contribution in [3.05, 3.63) is 0 Å². The monoisotopic (exact) mass is 169 g/mol. The first-order chi connectivity index (χ1) is 5.93. The van der Waals surface area contributed by atoms with Crippen molar-refractivity contribution in [3.63, 3.8) is 0 Å². The fourth-order valence-corrected chi connectivity index (χ4v) is 1.77. The highest BCUT2D eigenvalue weighted by molar-refractivity contribution is 4.76. The molecule has 0 spiro atoms. The molecule has 1 aliphatic rings. The van der Waals surface area contributed by atoms with Crippen LogP contribution in [-0.2, 0) is 0 Å². The molecule has 1 heterocycles. The third-order valence-corrected chi connectivity index (χ3v) is 2.83. The predicted molar refractivity (Wildman–Crippen MR) is 54.4 cm³/mol. The lowest BCUT2D eigenvalue weighted by molar-refractivity contribution is 0.339. The van der Waals surface area contributed by atoms with Crippen molar-refractivity contribution in [2.75, 3.05) is 6.54 Å². The summed E-state index contributed by atoms with van der Waals surface area (Å²) in [5.41, 5.74) is 0. The molecule has 0 amide bonds. The fourth-order valence-electron chi connectivity index (χ4n) is 1.77. The van der Waals surface area contributed by atoms with Crippen LogP contribution in [0.25, 0.3) is 0 Å². The Morgan fingerprint density at radius 2 is 1.75 bits per heavy atom. The van der Waals surface area contributed by atoms with Crippen molar-refractivity contribution in [1.29, 1.82) is 0 Å². The molecule has 1 unspecified atom stereocenters. The SMILES string of the molecule is CCCCCCCCC1CCN1. The van der Waals surface area contributed by atoms with Gasteiger partial charge in [-0.1, -0.05) is 45.4 Å². The van der Waals surface area contributed by atoms with E-state index in [-0.39, 0.29) is 0 Å². The van der Waals surface area contributed by atoms with Crippen molar-refractivity contribution in [2.45, 2.75) is 64.3 Å². The third-order valence-electron chi connectivity index (χ3n) is 2.83. The van der Waals surface area contributed by atoms with Gasteiger partial charge in [-0.3, -0.25) is 0 Å². The van der Waals surface area contributed by atoms with Gasteiger partial charge in [-0.25, -0.2) is 0 Å². The van der Waals surface area contributed by atoms with Crippen molar-refractivity contribution in [1.82, 2.24) is 5.32 Å². The molecule has 1 N–H and O–H groups in total. The molecule has 1 rings (SSSR count). The van der Waals surface area contributed by atoms with E-state index in [0.29, 0.717) is 0 Å². The van der Waals surface area contributed by atoms with Crippen LogP contribution in [0.2, 0.25) is 0 Å². The Hall–Kier alpha value is -0.0400. The van der Waals surface area contributed by atoms with Gasteiger partial charge in [-0.2, -0.15) is 0 Å².